The number of H-pyrrole nitrogens is 1. The summed E-state index contributed by atoms with van der Waals surface area (Å²) < 4.78 is 12.8. The fourth-order valence-corrected chi connectivity index (χ4v) is 4.70. The van der Waals surface area contributed by atoms with Crippen molar-refractivity contribution in [2.75, 3.05) is 24.7 Å². The molecule has 11 heteroatoms. The molecule has 0 saturated heterocycles. The zero-order valence-electron chi connectivity index (χ0n) is 21.8. The fourth-order valence-electron chi connectivity index (χ4n) is 3.61. The summed E-state index contributed by atoms with van der Waals surface area (Å²) in [6.45, 7) is 0. The molecule has 10 nitrogen and oxygen atoms in total. The second-order valence-electron chi connectivity index (χ2n) is 8.21. The predicted molar refractivity (Wildman–Crippen MR) is 157 cm³/mol. The molecule has 0 spiro atoms. The van der Waals surface area contributed by atoms with Gasteiger partial charge in [0.15, 0.2) is 0 Å². The minimum absolute atomic E-state index is 0.157. The highest BCUT2D eigenvalue weighted by atomic mass is 32.2. The zero-order valence-corrected chi connectivity index (χ0v) is 22.6. The quantitative estimate of drug-likeness (QED) is 0.173. The SMILES string of the molecule is CN=CNc1ccc(S(=O)c2ccccc2)cc1C(=O)Nc1ncc[nH]1.CNC(=O)c1cc2ccccc2cn1. The number of rotatable bonds is 7. The lowest BCUT2D eigenvalue weighted by Crippen LogP contribution is -2.18. The lowest BCUT2D eigenvalue weighted by molar-refractivity contribution is 0.0957. The molecule has 0 aliphatic rings. The molecular weight excluding hydrogens is 526 g/mol. The predicted octanol–water partition coefficient (Wildman–Crippen LogP) is 4.49. The van der Waals surface area contributed by atoms with Gasteiger partial charge in [0.25, 0.3) is 11.8 Å². The molecule has 40 heavy (non-hydrogen) atoms. The van der Waals surface area contributed by atoms with Gasteiger partial charge in [-0.25, -0.2) is 9.19 Å². The number of nitrogens with one attached hydrogen (secondary N) is 4. The third-order valence-electron chi connectivity index (χ3n) is 5.58. The van der Waals surface area contributed by atoms with E-state index in [9.17, 15) is 13.8 Å². The van der Waals surface area contributed by atoms with Crippen LogP contribution in [0.5, 0.6) is 0 Å². The molecule has 5 rings (SSSR count). The topological polar surface area (TPSA) is 141 Å². The molecule has 4 N–H and O–H groups in total. The molecule has 0 bridgehead atoms. The van der Waals surface area contributed by atoms with E-state index in [0.29, 0.717) is 32.7 Å². The molecule has 0 radical (unpaired) electrons. The second kappa shape index (κ2) is 13.6. The van der Waals surface area contributed by atoms with E-state index in [-0.39, 0.29) is 11.8 Å². The van der Waals surface area contributed by atoms with Gasteiger partial charge < -0.3 is 15.6 Å². The number of benzene rings is 3. The van der Waals surface area contributed by atoms with E-state index in [1.165, 1.54) is 6.34 Å². The molecule has 202 valence electrons. The van der Waals surface area contributed by atoms with Crippen LogP contribution in [0.15, 0.2) is 112 Å². The van der Waals surface area contributed by atoms with Gasteiger partial charge in [-0.3, -0.25) is 24.9 Å². The van der Waals surface area contributed by atoms with Gasteiger partial charge in [0.2, 0.25) is 5.95 Å². The maximum absolute atomic E-state index is 12.8. The first-order chi connectivity index (χ1) is 19.5. The van der Waals surface area contributed by atoms with Crippen LogP contribution in [0.1, 0.15) is 20.8 Å². The van der Waals surface area contributed by atoms with E-state index in [2.05, 4.69) is 35.9 Å². The van der Waals surface area contributed by atoms with E-state index in [1.54, 1.807) is 69.1 Å². The van der Waals surface area contributed by atoms with Crippen molar-refractivity contribution in [3.05, 3.63) is 109 Å². The van der Waals surface area contributed by atoms with E-state index >= 15 is 0 Å². The summed E-state index contributed by atoms with van der Waals surface area (Å²) in [5.74, 6) is -0.200. The zero-order chi connectivity index (χ0) is 28.3. The van der Waals surface area contributed by atoms with Gasteiger partial charge in [0, 0.05) is 47.9 Å². The molecule has 2 heterocycles. The van der Waals surface area contributed by atoms with Crippen molar-refractivity contribution in [1.29, 1.82) is 0 Å². The number of imidazole rings is 1. The lowest BCUT2D eigenvalue weighted by Gasteiger charge is -2.11. The van der Waals surface area contributed by atoms with Gasteiger partial charge in [0.1, 0.15) is 5.69 Å². The monoisotopic (exact) mass is 553 g/mol. The Balaban J connectivity index is 0.000000222. The van der Waals surface area contributed by atoms with E-state index in [0.717, 1.165) is 10.8 Å². The van der Waals surface area contributed by atoms with Crippen LogP contribution in [0.25, 0.3) is 10.8 Å². The average Bonchev–Trinajstić information content (AvgIpc) is 3.52. The van der Waals surface area contributed by atoms with Crippen LogP contribution < -0.4 is 16.0 Å². The van der Waals surface area contributed by atoms with E-state index < -0.39 is 10.8 Å². The first-order valence-corrected chi connectivity index (χ1v) is 13.3. The average molecular weight is 554 g/mol. The van der Waals surface area contributed by atoms with Gasteiger partial charge in [-0.15, -0.1) is 0 Å². The fraction of sp³-hybridized carbons (Fsp3) is 0.0690. The summed E-state index contributed by atoms with van der Waals surface area (Å²) in [5.41, 5.74) is 1.34. The van der Waals surface area contributed by atoms with Gasteiger partial charge >= 0.3 is 0 Å². The van der Waals surface area contributed by atoms with Crippen molar-refractivity contribution in [2.24, 2.45) is 4.99 Å². The van der Waals surface area contributed by atoms with Crippen LogP contribution in [0, 0.1) is 0 Å². The van der Waals surface area contributed by atoms with Crippen molar-refractivity contribution in [3.8, 4) is 0 Å². The van der Waals surface area contributed by atoms with Crippen LogP contribution in [0.3, 0.4) is 0 Å². The number of aromatic nitrogens is 3. The van der Waals surface area contributed by atoms with Crippen molar-refractivity contribution in [3.63, 3.8) is 0 Å². The van der Waals surface area contributed by atoms with Crippen molar-refractivity contribution in [2.45, 2.75) is 9.79 Å². The van der Waals surface area contributed by atoms with Gasteiger partial charge in [-0.1, -0.05) is 42.5 Å². The molecule has 1 unspecified atom stereocenters. The normalized spacial score (nSPS) is 11.3. The molecule has 0 aliphatic heterocycles. The summed E-state index contributed by atoms with van der Waals surface area (Å²) >= 11 is 0. The summed E-state index contributed by atoms with van der Waals surface area (Å²) in [7, 11) is 1.82. The van der Waals surface area contributed by atoms with Crippen molar-refractivity contribution in [1.82, 2.24) is 20.3 Å². The number of pyridine rings is 1. The number of hydrogen-bond acceptors (Lipinski definition) is 6. The maximum Gasteiger partial charge on any atom is 0.269 e. The summed E-state index contributed by atoms with van der Waals surface area (Å²) in [4.78, 5) is 39.9. The van der Waals surface area contributed by atoms with E-state index in [1.807, 2.05) is 42.5 Å². The van der Waals surface area contributed by atoms with Crippen LogP contribution in [0.4, 0.5) is 11.6 Å². The molecule has 1 atom stereocenters. The lowest BCUT2D eigenvalue weighted by atomic mass is 10.1. The number of aliphatic imine (C=N–C) groups is 1. The Morgan fingerprint density at radius 1 is 0.900 bits per heavy atom. The third kappa shape index (κ3) is 7.03. The highest BCUT2D eigenvalue weighted by molar-refractivity contribution is 7.85. The summed E-state index contributed by atoms with van der Waals surface area (Å²) in [5, 5.41) is 10.2. The molecule has 3 aromatic carbocycles. The molecule has 0 aliphatic carbocycles. The van der Waals surface area contributed by atoms with Gasteiger partial charge in [0.05, 0.1) is 28.4 Å². The second-order valence-corrected chi connectivity index (χ2v) is 9.69. The Bertz CT molecular complexity index is 1660. The Morgan fingerprint density at radius 3 is 2.35 bits per heavy atom. The van der Waals surface area contributed by atoms with Gasteiger partial charge in [-0.05, 0) is 41.8 Å². The van der Waals surface area contributed by atoms with Crippen LogP contribution in [0.2, 0.25) is 0 Å². The van der Waals surface area contributed by atoms with Crippen molar-refractivity contribution < 1.29 is 13.8 Å². The van der Waals surface area contributed by atoms with E-state index in [4.69, 9.17) is 0 Å². The highest BCUT2D eigenvalue weighted by Gasteiger charge is 2.16. The molecule has 5 aromatic rings. The van der Waals surface area contributed by atoms with Crippen molar-refractivity contribution >= 4 is 51.4 Å². The minimum atomic E-state index is -1.39. The Labute approximate surface area is 233 Å². The number of amides is 2. The number of anilines is 2. The molecular formula is C29H27N7O3S. The maximum atomic E-state index is 12.8. The highest BCUT2D eigenvalue weighted by Crippen LogP contribution is 2.23. The largest absolute Gasteiger partial charge is 0.354 e. The molecule has 0 saturated carbocycles. The van der Waals surface area contributed by atoms with Crippen LogP contribution >= 0.6 is 0 Å². The number of nitrogens with zero attached hydrogens (tertiary/aromatic N) is 3. The first-order valence-electron chi connectivity index (χ1n) is 12.2. The number of fused-ring (bicyclic) bond motifs is 1. The Hall–Kier alpha value is -5.16. The smallest absolute Gasteiger partial charge is 0.269 e. The van der Waals surface area contributed by atoms with Crippen LogP contribution in [-0.2, 0) is 10.8 Å². The first kappa shape index (κ1) is 27.9. The number of hydrogen-bond donors (Lipinski definition) is 4. The third-order valence-corrected chi connectivity index (χ3v) is 6.96. The minimum Gasteiger partial charge on any atom is -0.354 e. The number of carbonyl (C=O) groups excluding carboxylic acids is 2. The molecule has 2 amide bonds. The Kier molecular flexibility index (Phi) is 9.46. The van der Waals surface area contributed by atoms with Crippen LogP contribution in [-0.4, -0.2) is 51.4 Å². The molecule has 0 fully saturated rings. The summed E-state index contributed by atoms with van der Waals surface area (Å²) in [6.07, 6.45) is 6.34. The standard InChI is InChI=1S/C18H17N5O2S.C11H10N2O/c1-19-12-22-16-8-7-14(26(25)13-5-3-2-4-6-13)11-15(16)17(24)23-18-20-9-10-21-18;1-12-11(14)10-6-8-4-2-3-5-9(8)7-13-10/h2-12H,1H3,(H,19,22)(H2,20,21,23,24);2-7H,1H3,(H,12,14). The van der Waals surface area contributed by atoms with Gasteiger partial charge in [-0.2, -0.15) is 0 Å². The summed E-state index contributed by atoms with van der Waals surface area (Å²) in [6, 6.07) is 23.7. The number of carbonyl (C=O) groups is 2. The number of aromatic amines is 1. The molecule has 2 aromatic heterocycles. The Morgan fingerprint density at radius 2 is 1.65 bits per heavy atom.